The molecule has 10 heteroatoms. The normalized spacial score (nSPS) is 19.0. The molecule has 0 N–H and O–H groups in total. The van der Waals surface area contributed by atoms with E-state index in [4.69, 9.17) is 4.74 Å². The van der Waals surface area contributed by atoms with Gasteiger partial charge in [-0.25, -0.2) is 14.6 Å². The van der Waals surface area contributed by atoms with Gasteiger partial charge in [0.2, 0.25) is 5.95 Å². The fourth-order valence-corrected chi connectivity index (χ4v) is 2.55. The zero-order valence-electron chi connectivity index (χ0n) is 12.3. The van der Waals surface area contributed by atoms with Gasteiger partial charge in [0, 0.05) is 20.6 Å². The molecule has 3 aromatic rings. The van der Waals surface area contributed by atoms with Crippen molar-refractivity contribution in [3.05, 3.63) is 18.3 Å². The van der Waals surface area contributed by atoms with Gasteiger partial charge in [-0.05, 0) is 10.4 Å². The molecule has 0 saturated carbocycles. The Morgan fingerprint density at radius 1 is 1.27 bits per heavy atom. The monoisotopic (exact) mass is 301 g/mol. The van der Waals surface area contributed by atoms with Crippen molar-refractivity contribution in [1.82, 2.24) is 39.7 Å². The second-order valence-corrected chi connectivity index (χ2v) is 5.20. The summed E-state index contributed by atoms with van der Waals surface area (Å²) in [4.78, 5) is 15.3. The Bertz CT molecular complexity index is 810. The standard InChI is InChI=1S/C12H15N9O/c1-19-7-14-10-8(19)5-13-12(15-10)21-3-4-22-9(6-21)11-16-17-18-20(11)2/h5,7,9H,3-4,6H2,1-2H3. The first kappa shape index (κ1) is 13.1. The SMILES string of the molecule is Cn1nnnc1C1CN(c2ncc3c(ncn3C)n2)CCO1. The van der Waals surface area contributed by atoms with E-state index in [1.54, 1.807) is 24.3 Å². The van der Waals surface area contributed by atoms with Crippen molar-refractivity contribution < 1.29 is 4.74 Å². The van der Waals surface area contributed by atoms with Gasteiger partial charge in [0.15, 0.2) is 11.5 Å². The molecule has 0 spiro atoms. The van der Waals surface area contributed by atoms with E-state index in [0.717, 1.165) is 12.1 Å². The predicted molar refractivity (Wildman–Crippen MR) is 76.0 cm³/mol. The summed E-state index contributed by atoms with van der Waals surface area (Å²) in [6.45, 7) is 1.90. The Morgan fingerprint density at radius 2 is 2.18 bits per heavy atom. The van der Waals surface area contributed by atoms with E-state index < -0.39 is 0 Å². The van der Waals surface area contributed by atoms with Crippen molar-refractivity contribution in [2.75, 3.05) is 24.6 Å². The molecule has 1 unspecified atom stereocenters. The molecular weight excluding hydrogens is 286 g/mol. The maximum Gasteiger partial charge on any atom is 0.227 e. The summed E-state index contributed by atoms with van der Waals surface area (Å²) in [6.07, 6.45) is 3.33. The molecule has 0 amide bonds. The molecule has 0 aliphatic carbocycles. The van der Waals surface area contributed by atoms with Crippen molar-refractivity contribution in [3.8, 4) is 0 Å². The first-order valence-corrected chi connectivity index (χ1v) is 6.95. The lowest BCUT2D eigenvalue weighted by Gasteiger charge is -2.31. The number of ether oxygens (including phenoxy) is 1. The van der Waals surface area contributed by atoms with Gasteiger partial charge in [-0.15, -0.1) is 5.10 Å². The first-order valence-electron chi connectivity index (χ1n) is 6.95. The van der Waals surface area contributed by atoms with Gasteiger partial charge < -0.3 is 14.2 Å². The van der Waals surface area contributed by atoms with Crippen LogP contribution in [-0.2, 0) is 18.8 Å². The molecule has 0 radical (unpaired) electrons. The number of tetrazole rings is 1. The van der Waals surface area contributed by atoms with Crippen LogP contribution in [0.25, 0.3) is 11.2 Å². The predicted octanol–water partition coefficient (Wildman–Crippen LogP) is -0.535. The number of hydrogen-bond acceptors (Lipinski definition) is 8. The molecule has 1 fully saturated rings. The van der Waals surface area contributed by atoms with Gasteiger partial charge in [0.1, 0.15) is 11.6 Å². The van der Waals surface area contributed by atoms with E-state index in [2.05, 4.69) is 35.4 Å². The quantitative estimate of drug-likeness (QED) is 0.622. The number of nitrogens with zero attached hydrogens (tertiary/aromatic N) is 9. The van der Waals surface area contributed by atoms with Crippen LogP contribution in [0.15, 0.2) is 12.5 Å². The molecule has 1 aliphatic heterocycles. The topological polar surface area (TPSA) is 99.7 Å². The lowest BCUT2D eigenvalue weighted by atomic mass is 10.2. The molecule has 22 heavy (non-hydrogen) atoms. The van der Waals surface area contributed by atoms with Gasteiger partial charge in [-0.1, -0.05) is 0 Å². The third kappa shape index (κ3) is 2.08. The summed E-state index contributed by atoms with van der Waals surface area (Å²) in [5, 5.41) is 11.5. The lowest BCUT2D eigenvalue weighted by Crippen LogP contribution is -2.40. The number of imidazole rings is 1. The van der Waals surface area contributed by atoms with Crippen LogP contribution in [0.5, 0.6) is 0 Å². The van der Waals surface area contributed by atoms with Gasteiger partial charge in [0.25, 0.3) is 0 Å². The molecular formula is C12H15N9O. The largest absolute Gasteiger partial charge is 0.366 e. The van der Waals surface area contributed by atoms with E-state index in [1.165, 1.54) is 0 Å². The number of aromatic nitrogens is 8. The molecule has 0 bridgehead atoms. The van der Waals surface area contributed by atoms with Crippen LogP contribution in [0, 0.1) is 0 Å². The molecule has 4 rings (SSSR count). The lowest BCUT2D eigenvalue weighted by molar-refractivity contribution is 0.0311. The van der Waals surface area contributed by atoms with Gasteiger partial charge >= 0.3 is 0 Å². The minimum absolute atomic E-state index is 0.197. The molecule has 1 saturated heterocycles. The summed E-state index contributed by atoms with van der Waals surface area (Å²) in [5.41, 5.74) is 1.60. The molecule has 1 atom stereocenters. The highest BCUT2D eigenvalue weighted by molar-refractivity contribution is 5.70. The van der Waals surface area contributed by atoms with Crippen LogP contribution in [-0.4, -0.2) is 59.4 Å². The summed E-state index contributed by atoms with van der Waals surface area (Å²) < 4.78 is 9.28. The Labute approximate surface area is 125 Å². The van der Waals surface area contributed by atoms with Crippen LogP contribution >= 0.6 is 0 Å². The summed E-state index contributed by atoms with van der Waals surface area (Å²) >= 11 is 0. The third-order valence-electron chi connectivity index (χ3n) is 3.76. The molecule has 0 aromatic carbocycles. The van der Waals surface area contributed by atoms with Crippen LogP contribution in [0.1, 0.15) is 11.9 Å². The number of rotatable bonds is 2. The van der Waals surface area contributed by atoms with Gasteiger partial charge in [-0.2, -0.15) is 4.98 Å². The second kappa shape index (κ2) is 4.98. The van der Waals surface area contributed by atoms with Crippen LogP contribution in [0.2, 0.25) is 0 Å². The highest BCUT2D eigenvalue weighted by Gasteiger charge is 2.27. The maximum absolute atomic E-state index is 5.77. The molecule has 10 nitrogen and oxygen atoms in total. The van der Waals surface area contributed by atoms with E-state index in [0.29, 0.717) is 30.6 Å². The third-order valence-corrected chi connectivity index (χ3v) is 3.76. The zero-order chi connectivity index (χ0) is 15.1. The van der Waals surface area contributed by atoms with Crippen LogP contribution < -0.4 is 4.90 Å². The zero-order valence-corrected chi connectivity index (χ0v) is 12.3. The first-order chi connectivity index (χ1) is 10.7. The Hall–Kier alpha value is -2.62. The number of morpholine rings is 1. The van der Waals surface area contributed by atoms with Crippen molar-refractivity contribution in [2.24, 2.45) is 14.1 Å². The van der Waals surface area contributed by atoms with Gasteiger partial charge in [-0.3, -0.25) is 0 Å². The number of aryl methyl sites for hydroxylation is 2. The van der Waals surface area contributed by atoms with Crippen molar-refractivity contribution >= 4 is 17.1 Å². The maximum atomic E-state index is 5.77. The summed E-state index contributed by atoms with van der Waals surface area (Å²) in [7, 11) is 3.72. The molecule has 114 valence electrons. The van der Waals surface area contributed by atoms with Crippen molar-refractivity contribution in [3.63, 3.8) is 0 Å². The fraction of sp³-hybridized carbons (Fsp3) is 0.500. The molecule has 3 aromatic heterocycles. The fourth-order valence-electron chi connectivity index (χ4n) is 2.55. The van der Waals surface area contributed by atoms with E-state index >= 15 is 0 Å². The Balaban J connectivity index is 1.62. The average molecular weight is 301 g/mol. The molecule has 1 aliphatic rings. The smallest absolute Gasteiger partial charge is 0.227 e. The number of anilines is 1. The number of fused-ring (bicyclic) bond motifs is 1. The summed E-state index contributed by atoms with van der Waals surface area (Å²) in [5.74, 6) is 1.35. The van der Waals surface area contributed by atoms with Crippen molar-refractivity contribution in [2.45, 2.75) is 6.10 Å². The van der Waals surface area contributed by atoms with Gasteiger partial charge in [0.05, 0.1) is 25.7 Å². The highest BCUT2D eigenvalue weighted by Crippen LogP contribution is 2.23. The van der Waals surface area contributed by atoms with Crippen molar-refractivity contribution in [1.29, 1.82) is 0 Å². The Morgan fingerprint density at radius 3 is 3.00 bits per heavy atom. The van der Waals surface area contributed by atoms with E-state index in [1.807, 2.05) is 11.6 Å². The minimum atomic E-state index is -0.197. The molecule has 4 heterocycles. The minimum Gasteiger partial charge on any atom is -0.366 e. The van der Waals surface area contributed by atoms with E-state index in [9.17, 15) is 0 Å². The Kier molecular flexibility index (Phi) is 2.96. The second-order valence-electron chi connectivity index (χ2n) is 5.20. The van der Waals surface area contributed by atoms with Crippen LogP contribution in [0.4, 0.5) is 5.95 Å². The van der Waals surface area contributed by atoms with Crippen LogP contribution in [0.3, 0.4) is 0 Å². The average Bonchev–Trinajstić information content (AvgIpc) is 3.13. The highest BCUT2D eigenvalue weighted by atomic mass is 16.5. The van der Waals surface area contributed by atoms with E-state index in [-0.39, 0.29) is 6.10 Å². The summed E-state index contributed by atoms with van der Waals surface area (Å²) in [6, 6.07) is 0. The number of hydrogen-bond donors (Lipinski definition) is 0.